The van der Waals surface area contributed by atoms with Crippen LogP contribution in [0.15, 0.2) is 0 Å². The molecule has 236 valence electrons. The van der Waals surface area contributed by atoms with E-state index in [2.05, 4.69) is 16.0 Å². The molecule has 0 heterocycles. The highest BCUT2D eigenvalue weighted by Gasteiger charge is 2.23. The first kappa shape index (κ1) is 37.9. The van der Waals surface area contributed by atoms with E-state index >= 15 is 0 Å². The molecule has 41 heavy (non-hydrogen) atoms. The minimum atomic E-state index is -1.37. The summed E-state index contributed by atoms with van der Waals surface area (Å²) in [5, 5.41) is 25.8. The van der Waals surface area contributed by atoms with E-state index in [1.807, 2.05) is 6.92 Å². The smallest absolute Gasteiger partial charge is 0.326 e. The molecule has 0 saturated carbocycles. The molecule has 0 aromatic carbocycles. The lowest BCUT2D eigenvalue weighted by atomic mass is 10.1. The molecule has 0 radical (unpaired) electrons. The third-order valence-corrected chi connectivity index (χ3v) is 5.33. The van der Waals surface area contributed by atoms with Gasteiger partial charge < -0.3 is 49.9 Å². The molecule has 0 bridgehead atoms. The first-order chi connectivity index (χ1) is 19.6. The number of hydrogen-bond donors (Lipinski definition) is 5. The van der Waals surface area contributed by atoms with Gasteiger partial charge in [-0.15, -0.1) is 0 Å². The summed E-state index contributed by atoms with van der Waals surface area (Å²) in [6.07, 6.45) is 1.72. The van der Waals surface area contributed by atoms with Gasteiger partial charge in [-0.3, -0.25) is 14.4 Å². The number of rotatable bonds is 27. The van der Waals surface area contributed by atoms with Crippen molar-refractivity contribution in [2.45, 2.75) is 70.9 Å². The highest BCUT2D eigenvalue weighted by Crippen LogP contribution is 2.06. The zero-order valence-corrected chi connectivity index (χ0v) is 23.9. The Kier molecular flexibility index (Phi) is 22.8. The van der Waals surface area contributed by atoms with Gasteiger partial charge in [0.25, 0.3) is 0 Å². The fourth-order valence-corrected chi connectivity index (χ4v) is 3.24. The van der Waals surface area contributed by atoms with Crippen molar-refractivity contribution in [1.82, 2.24) is 16.0 Å². The summed E-state index contributed by atoms with van der Waals surface area (Å²) in [6.45, 7) is 4.98. The van der Waals surface area contributed by atoms with Crippen molar-refractivity contribution in [2.24, 2.45) is 0 Å². The van der Waals surface area contributed by atoms with Crippen molar-refractivity contribution >= 4 is 35.4 Å². The van der Waals surface area contributed by atoms with E-state index in [-0.39, 0.29) is 63.9 Å². The van der Waals surface area contributed by atoms with Crippen LogP contribution in [0.5, 0.6) is 0 Å². The Labute approximate surface area is 240 Å². The maximum Gasteiger partial charge on any atom is 0.326 e. The van der Waals surface area contributed by atoms with Crippen molar-refractivity contribution in [1.29, 1.82) is 0 Å². The first-order valence-electron chi connectivity index (χ1n) is 13.7. The molecule has 2 atom stereocenters. The molecule has 0 aromatic heterocycles. The molecule has 0 saturated heterocycles. The summed E-state index contributed by atoms with van der Waals surface area (Å²) >= 11 is 0. The number of carbonyl (C=O) groups is 6. The van der Waals surface area contributed by atoms with Crippen molar-refractivity contribution in [3.8, 4) is 0 Å². The summed E-state index contributed by atoms with van der Waals surface area (Å²) in [7, 11) is 0. The second-order valence-electron chi connectivity index (χ2n) is 9.08. The minimum Gasteiger partial charge on any atom is -0.480 e. The number of carboxylic acids is 2. The van der Waals surface area contributed by atoms with Gasteiger partial charge in [-0.05, 0) is 32.6 Å². The molecule has 5 N–H and O–H groups in total. The molecule has 0 aliphatic heterocycles. The van der Waals surface area contributed by atoms with Crippen LogP contribution in [-0.4, -0.2) is 117 Å². The van der Waals surface area contributed by atoms with Gasteiger partial charge in [-0.25, -0.2) is 9.59 Å². The van der Waals surface area contributed by atoms with Crippen LogP contribution >= 0.6 is 0 Å². The molecule has 0 fully saturated rings. The topological polar surface area (TPSA) is 216 Å². The van der Waals surface area contributed by atoms with E-state index in [1.165, 1.54) is 6.92 Å². The Hall–Kier alpha value is -3.14. The molecule has 0 spiro atoms. The van der Waals surface area contributed by atoms with Gasteiger partial charge in [-0.1, -0.05) is 13.3 Å². The number of Topliss-reactive ketones (excluding diaryl/α,β-unsaturated/α-hetero) is 1. The average molecular weight is 592 g/mol. The zero-order valence-electron chi connectivity index (χ0n) is 23.9. The Morgan fingerprint density at radius 1 is 0.634 bits per heavy atom. The SMILES string of the molecule is CCCOCCOCC(=O)NCCOCCOCC(=O)N[C@@H](CCC(=O)N[C@@H](CCCCC(C)=O)C(=O)O)C(=O)O. The van der Waals surface area contributed by atoms with Crippen LogP contribution in [0, 0.1) is 0 Å². The lowest BCUT2D eigenvalue weighted by molar-refractivity contribution is -0.144. The molecule has 0 unspecified atom stereocenters. The van der Waals surface area contributed by atoms with Crippen LogP contribution in [-0.2, 0) is 47.7 Å². The molecule has 0 aliphatic rings. The molecule has 15 heteroatoms. The lowest BCUT2D eigenvalue weighted by Crippen LogP contribution is -2.44. The second kappa shape index (κ2) is 24.6. The molecule has 15 nitrogen and oxygen atoms in total. The van der Waals surface area contributed by atoms with Gasteiger partial charge in [0.2, 0.25) is 17.7 Å². The Morgan fingerprint density at radius 3 is 1.76 bits per heavy atom. The molecule has 3 amide bonds. The third kappa shape index (κ3) is 23.3. The summed E-state index contributed by atoms with van der Waals surface area (Å²) in [4.78, 5) is 69.6. The normalized spacial score (nSPS) is 12.2. The summed E-state index contributed by atoms with van der Waals surface area (Å²) in [5.41, 5.74) is 0. The molecule has 0 rings (SSSR count). The number of hydrogen-bond acceptors (Lipinski definition) is 10. The van der Waals surface area contributed by atoms with E-state index < -0.39 is 42.4 Å². The number of carbonyl (C=O) groups excluding carboxylic acids is 4. The van der Waals surface area contributed by atoms with Gasteiger partial charge in [-0.2, -0.15) is 0 Å². The highest BCUT2D eigenvalue weighted by atomic mass is 16.5. The van der Waals surface area contributed by atoms with Crippen molar-refractivity contribution in [3.63, 3.8) is 0 Å². The van der Waals surface area contributed by atoms with Crippen molar-refractivity contribution < 1.29 is 57.9 Å². The number of nitrogens with one attached hydrogen (secondary N) is 3. The zero-order chi connectivity index (χ0) is 30.9. The molecule has 0 aromatic rings. The summed E-state index contributed by atoms with van der Waals surface area (Å²) < 4.78 is 20.8. The van der Waals surface area contributed by atoms with Gasteiger partial charge >= 0.3 is 11.9 Å². The average Bonchev–Trinajstić information content (AvgIpc) is 2.91. The van der Waals surface area contributed by atoms with Crippen LogP contribution in [0.4, 0.5) is 0 Å². The minimum absolute atomic E-state index is 0.00873. The van der Waals surface area contributed by atoms with Crippen LogP contribution < -0.4 is 16.0 Å². The second-order valence-corrected chi connectivity index (χ2v) is 9.08. The van der Waals surface area contributed by atoms with Gasteiger partial charge in [0, 0.05) is 26.0 Å². The van der Waals surface area contributed by atoms with Gasteiger partial charge in [0.15, 0.2) is 0 Å². The van der Waals surface area contributed by atoms with Crippen LogP contribution in [0.1, 0.15) is 58.8 Å². The predicted octanol–water partition coefficient (Wildman–Crippen LogP) is -0.353. The number of ether oxygens (including phenoxy) is 4. The Morgan fingerprint density at radius 2 is 1.17 bits per heavy atom. The van der Waals surface area contributed by atoms with E-state index in [0.717, 1.165) is 6.42 Å². The number of unbranched alkanes of at least 4 members (excludes halogenated alkanes) is 1. The highest BCUT2D eigenvalue weighted by molar-refractivity contribution is 5.86. The maximum atomic E-state index is 12.2. The summed E-state index contributed by atoms with van der Waals surface area (Å²) in [5.74, 6) is -4.26. The van der Waals surface area contributed by atoms with Crippen molar-refractivity contribution in [3.05, 3.63) is 0 Å². The van der Waals surface area contributed by atoms with Crippen LogP contribution in [0.25, 0.3) is 0 Å². The van der Waals surface area contributed by atoms with E-state index in [4.69, 9.17) is 18.9 Å². The summed E-state index contributed by atoms with van der Waals surface area (Å²) in [6, 6.07) is -2.53. The van der Waals surface area contributed by atoms with Crippen molar-refractivity contribution in [2.75, 3.05) is 59.4 Å². The van der Waals surface area contributed by atoms with Gasteiger partial charge in [0.05, 0.1) is 33.0 Å². The standard InChI is InChI=1S/C26H45N3O12/c1-3-11-38-13-15-40-17-23(32)27-10-12-39-14-16-41-18-24(33)29-21(26(36)37)8-9-22(31)28-20(25(34)35)7-5-4-6-19(2)30/h20-21H,3-18H2,1-2H3,(H,27,32)(H,28,31)(H,29,33)(H,34,35)(H,36,37)/t20-,21-/m0/s1. The quantitative estimate of drug-likeness (QED) is 0.0775. The van der Waals surface area contributed by atoms with E-state index in [0.29, 0.717) is 39.1 Å². The molecular formula is C26H45N3O12. The van der Waals surface area contributed by atoms with Crippen LogP contribution in [0.2, 0.25) is 0 Å². The monoisotopic (exact) mass is 591 g/mol. The lowest BCUT2D eigenvalue weighted by Gasteiger charge is -2.17. The predicted molar refractivity (Wildman–Crippen MR) is 144 cm³/mol. The first-order valence-corrected chi connectivity index (χ1v) is 13.7. The largest absolute Gasteiger partial charge is 0.480 e. The van der Waals surface area contributed by atoms with E-state index in [9.17, 15) is 39.0 Å². The van der Waals surface area contributed by atoms with E-state index in [1.54, 1.807) is 0 Å². The third-order valence-electron chi connectivity index (χ3n) is 5.33. The number of amides is 3. The fourth-order valence-electron chi connectivity index (χ4n) is 3.24. The molecule has 0 aliphatic carbocycles. The molecular weight excluding hydrogens is 546 g/mol. The fraction of sp³-hybridized carbons (Fsp3) is 0.769. The Bertz CT molecular complexity index is 809. The van der Waals surface area contributed by atoms with Gasteiger partial charge in [0.1, 0.15) is 31.1 Å². The number of ketones is 1. The Balaban J connectivity index is 4.05. The number of aliphatic carboxylic acids is 2. The maximum absolute atomic E-state index is 12.2. The number of carboxylic acid groups (broad SMARTS) is 2. The van der Waals surface area contributed by atoms with Crippen LogP contribution in [0.3, 0.4) is 0 Å².